The van der Waals surface area contributed by atoms with Gasteiger partial charge in [0.1, 0.15) is 6.10 Å². The Labute approximate surface area is 372 Å². The first-order valence-electron chi connectivity index (χ1n) is 20.1. The van der Waals surface area contributed by atoms with Crippen LogP contribution in [-0.2, 0) is 23.8 Å². The molecule has 0 aliphatic heterocycles. The Bertz CT molecular complexity index is 1750. The zero-order valence-electron chi connectivity index (χ0n) is 36.5. The summed E-state index contributed by atoms with van der Waals surface area (Å²) in [5.41, 5.74) is -0.279. The van der Waals surface area contributed by atoms with Crippen LogP contribution in [-0.4, -0.2) is 112 Å². The average Bonchev–Trinajstić information content (AvgIpc) is 3.20. The van der Waals surface area contributed by atoms with Crippen LogP contribution < -0.4 is 19.5 Å². The molecule has 1 aliphatic carbocycles. The predicted octanol–water partition coefficient (Wildman–Crippen LogP) is 11.7. The number of rotatable bonds is 25. The highest BCUT2D eigenvalue weighted by atomic mass is 19.4. The highest BCUT2D eigenvalue weighted by Gasteiger charge is 2.82. The summed E-state index contributed by atoms with van der Waals surface area (Å²) in [5, 5.41) is 3.01. The number of carbonyl (C=O) groups is 2. The maximum Gasteiger partial charge on any atom is 0.460 e. The third-order valence-corrected chi connectivity index (χ3v) is 10.8. The van der Waals surface area contributed by atoms with E-state index in [9.17, 15) is 88.6 Å². The number of benzene rings is 1. The molecule has 9 nitrogen and oxygen atoms in total. The van der Waals surface area contributed by atoms with Crippen LogP contribution in [0.1, 0.15) is 91.0 Å². The van der Waals surface area contributed by atoms with Crippen LogP contribution in [0.15, 0.2) is 18.2 Å². The van der Waals surface area contributed by atoms with Gasteiger partial charge in [0.25, 0.3) is 0 Å². The summed E-state index contributed by atoms with van der Waals surface area (Å²) in [5.74, 6) is -45.3. The first-order chi connectivity index (χ1) is 30.3. The molecule has 67 heavy (non-hydrogen) atoms. The third kappa shape index (κ3) is 14.0. The van der Waals surface area contributed by atoms with E-state index in [0.717, 1.165) is 20.3 Å². The molecule has 0 atom stereocenters. The Hall–Kier alpha value is -4.04. The van der Waals surface area contributed by atoms with Crippen molar-refractivity contribution in [3.63, 3.8) is 0 Å². The van der Waals surface area contributed by atoms with Gasteiger partial charge in [-0.05, 0) is 69.2 Å². The summed E-state index contributed by atoms with van der Waals surface area (Å²) in [7, 11) is 2.30. The Morgan fingerprint density at radius 1 is 0.642 bits per heavy atom. The molecule has 2 rings (SSSR count). The van der Waals surface area contributed by atoms with Crippen LogP contribution in [0.2, 0.25) is 0 Å². The lowest BCUT2D eigenvalue weighted by molar-refractivity contribution is -0.399. The number of hydrogen-bond donors (Lipinski definition) is 1. The molecule has 1 aliphatic rings. The van der Waals surface area contributed by atoms with Crippen LogP contribution in [0.4, 0.5) is 79.0 Å². The largest absolute Gasteiger partial charge is 0.493 e. The number of carbonyl (C=O) groups excluding carboxylic acids is 2. The molecule has 388 valence electrons. The smallest absolute Gasteiger partial charge is 0.460 e. The van der Waals surface area contributed by atoms with E-state index in [1.807, 2.05) is 20.8 Å². The van der Waals surface area contributed by atoms with Gasteiger partial charge in [0.2, 0.25) is 11.7 Å². The van der Waals surface area contributed by atoms with Crippen molar-refractivity contribution < 1.29 is 117 Å². The summed E-state index contributed by atoms with van der Waals surface area (Å²) in [6.07, 6.45) is -16.5. The summed E-state index contributed by atoms with van der Waals surface area (Å²) >= 11 is 0. The molecule has 1 aromatic carbocycles. The molecular weight excluding hydrogens is 964 g/mol. The first kappa shape index (κ1) is 59.1. The van der Waals surface area contributed by atoms with Crippen molar-refractivity contribution in [2.45, 2.75) is 151 Å². The summed E-state index contributed by atoms with van der Waals surface area (Å²) in [4.78, 5) is 25.2. The number of ether oxygens (including phenoxy) is 6. The van der Waals surface area contributed by atoms with Gasteiger partial charge in [-0.25, -0.2) is 4.79 Å². The fraction of sp³-hybridized carbons (Fsp3) is 0.750. The molecule has 27 heteroatoms. The first-order valence-corrected chi connectivity index (χ1v) is 20.1. The molecule has 0 bridgehead atoms. The van der Waals surface area contributed by atoms with Gasteiger partial charge in [-0.15, -0.1) is 0 Å². The number of esters is 1. The molecule has 1 N–H and O–H groups in total. The molecule has 1 saturated carbocycles. The number of alkyl halides is 18. The lowest BCUT2D eigenvalue weighted by atomic mass is 9.87. The van der Waals surface area contributed by atoms with Crippen LogP contribution in [0.3, 0.4) is 0 Å². The number of methoxy groups -OCH3 is 2. The number of hydrogen-bond acceptors (Lipinski definition) is 8. The van der Waals surface area contributed by atoms with Crippen molar-refractivity contribution in [3.05, 3.63) is 23.8 Å². The van der Waals surface area contributed by atoms with Gasteiger partial charge in [0.05, 0.1) is 34.0 Å². The van der Waals surface area contributed by atoms with Crippen molar-refractivity contribution in [2.75, 3.05) is 34.0 Å². The van der Waals surface area contributed by atoms with E-state index in [2.05, 4.69) is 5.32 Å². The van der Waals surface area contributed by atoms with Crippen molar-refractivity contribution in [1.29, 1.82) is 0 Å². The minimum Gasteiger partial charge on any atom is -0.493 e. The SMILES string of the molecule is CCC(C)(C)C(=O)N[C@H]1CC[C@H](OC(=O)/C=C/c2cc(OC)c(OCCCC(C)(OCCC(F)(F)C(F)(F)C(F)(F)C(F)(F)F)OCCC(F)(F)C(F)(F)C(F)(F)C(F)(F)F)c(OC)c2)CC1. The third-order valence-electron chi connectivity index (χ3n) is 10.8. The van der Waals surface area contributed by atoms with E-state index in [0.29, 0.717) is 39.0 Å². The molecule has 0 aromatic heterocycles. The fourth-order valence-electron chi connectivity index (χ4n) is 6.05. The zero-order valence-corrected chi connectivity index (χ0v) is 36.5. The summed E-state index contributed by atoms with van der Waals surface area (Å²) in [6, 6.07) is 2.55. The van der Waals surface area contributed by atoms with Gasteiger partial charge in [0.15, 0.2) is 17.3 Å². The molecule has 0 saturated heterocycles. The topological polar surface area (TPSA) is 102 Å². The maximum absolute atomic E-state index is 14.2. The van der Waals surface area contributed by atoms with Crippen molar-refractivity contribution in [1.82, 2.24) is 5.32 Å². The number of halogens is 18. The molecular formula is C40H49F18NO8. The van der Waals surface area contributed by atoms with E-state index in [-0.39, 0.29) is 34.8 Å². The molecule has 1 fully saturated rings. The van der Waals surface area contributed by atoms with Crippen LogP contribution in [0.25, 0.3) is 6.08 Å². The minimum absolute atomic E-state index is 0.0861. The summed E-state index contributed by atoms with van der Waals surface area (Å²) < 4.78 is 272. The highest BCUT2D eigenvalue weighted by molar-refractivity contribution is 5.87. The second-order valence-electron chi connectivity index (χ2n) is 16.2. The number of amides is 1. The van der Waals surface area contributed by atoms with Crippen LogP contribution >= 0.6 is 0 Å². The molecule has 0 heterocycles. The van der Waals surface area contributed by atoms with Gasteiger partial charge in [-0.2, -0.15) is 79.0 Å². The zero-order chi connectivity index (χ0) is 51.9. The monoisotopic (exact) mass is 1010 g/mol. The number of nitrogens with one attached hydrogen (secondary N) is 1. The Morgan fingerprint density at radius 2 is 1.07 bits per heavy atom. The van der Waals surface area contributed by atoms with Crippen molar-refractivity contribution >= 4 is 18.0 Å². The van der Waals surface area contributed by atoms with E-state index in [1.54, 1.807) is 0 Å². The Kier molecular flexibility index (Phi) is 19.2. The van der Waals surface area contributed by atoms with Crippen LogP contribution in [0, 0.1) is 5.41 Å². The lowest BCUT2D eigenvalue weighted by Crippen LogP contribution is -2.61. The second kappa shape index (κ2) is 21.7. The standard InChI is InChI=1S/C40H49F18NO8/c1-7-31(2,3)30(61)59-24-10-12-25(13-11-24)67-28(60)14-9-23-21-26(62-5)29(27(22-23)63-6)64-18-8-15-32(4,65-19-16-33(41,42)35(45,46)37(49,50)39(53,54)55)66-20-17-34(43,44)36(47,48)38(51,52)40(56,57)58/h9,14,21-22,24-25H,7-8,10-13,15-20H2,1-6H3,(H,59,61)/b14-9+/t24-,25-. The van der Waals surface area contributed by atoms with Crippen molar-refractivity contribution in [3.8, 4) is 17.2 Å². The Balaban J connectivity index is 2.21. The highest BCUT2D eigenvalue weighted by Crippen LogP contribution is 2.55. The van der Waals surface area contributed by atoms with E-state index >= 15 is 0 Å². The average molecular weight is 1010 g/mol. The lowest BCUT2D eigenvalue weighted by Gasteiger charge is -2.36. The second-order valence-corrected chi connectivity index (χ2v) is 16.2. The maximum atomic E-state index is 14.2. The Morgan fingerprint density at radius 3 is 1.46 bits per heavy atom. The van der Waals surface area contributed by atoms with Gasteiger partial charge in [-0.1, -0.05) is 20.8 Å². The van der Waals surface area contributed by atoms with Gasteiger partial charge in [0, 0.05) is 36.8 Å². The van der Waals surface area contributed by atoms with Crippen molar-refractivity contribution in [2.24, 2.45) is 5.41 Å². The van der Waals surface area contributed by atoms with Gasteiger partial charge >= 0.3 is 53.9 Å². The quantitative estimate of drug-likeness (QED) is 0.0340. The molecule has 0 radical (unpaired) electrons. The normalized spacial score (nSPS) is 17.7. The predicted molar refractivity (Wildman–Crippen MR) is 199 cm³/mol. The molecule has 0 unspecified atom stereocenters. The molecule has 1 amide bonds. The van der Waals surface area contributed by atoms with E-state index in [4.69, 9.17) is 28.4 Å². The summed E-state index contributed by atoms with van der Waals surface area (Å²) in [6.45, 7) is 1.59. The van der Waals surface area contributed by atoms with E-state index in [1.165, 1.54) is 18.2 Å². The van der Waals surface area contributed by atoms with Gasteiger partial charge < -0.3 is 33.7 Å². The van der Waals surface area contributed by atoms with Gasteiger partial charge in [-0.3, -0.25) is 4.79 Å². The molecule has 0 spiro atoms. The van der Waals surface area contributed by atoms with E-state index < -0.39 is 117 Å². The minimum atomic E-state index is -7.31. The fourth-order valence-corrected chi connectivity index (χ4v) is 6.05. The molecule has 1 aromatic rings. The van der Waals surface area contributed by atoms with Crippen LogP contribution in [0.5, 0.6) is 17.2 Å².